The largest absolute Gasteiger partial charge is 0.493 e. The highest BCUT2D eigenvalue weighted by atomic mass is 28.3. The molecule has 1 aromatic carbocycles. The Morgan fingerprint density at radius 2 is 1.75 bits per heavy atom. The molecule has 0 unspecified atom stereocenters. The maximum Gasteiger partial charge on any atom is 0.422 e. The summed E-state index contributed by atoms with van der Waals surface area (Å²) >= 11 is 0. The number of halogens is 4. The van der Waals surface area contributed by atoms with Gasteiger partial charge in [0.2, 0.25) is 0 Å². The van der Waals surface area contributed by atoms with Gasteiger partial charge in [-0.25, -0.2) is 4.39 Å². The smallest absolute Gasteiger partial charge is 0.422 e. The molecule has 1 heterocycles. The quantitative estimate of drug-likeness (QED) is 0.218. The molecule has 1 saturated heterocycles. The summed E-state index contributed by atoms with van der Waals surface area (Å²) in [7, 11) is -0.204. The Kier molecular flexibility index (Phi) is 9.61. The average molecular weight is 420 g/mol. The van der Waals surface area contributed by atoms with Gasteiger partial charge in [-0.3, -0.25) is 0 Å². The Hall–Kier alpha value is -1.24. The molecule has 28 heavy (non-hydrogen) atoms. The maximum atomic E-state index is 13.9. The van der Waals surface area contributed by atoms with E-state index >= 15 is 0 Å². The molecule has 0 aliphatic carbocycles. The van der Waals surface area contributed by atoms with Gasteiger partial charge in [0.15, 0.2) is 18.2 Å². The number of hydrogen-bond donors (Lipinski definition) is 0. The highest BCUT2D eigenvalue weighted by Crippen LogP contribution is 2.30. The van der Waals surface area contributed by atoms with Crippen LogP contribution in [0.3, 0.4) is 0 Å². The van der Waals surface area contributed by atoms with E-state index in [1.807, 2.05) is 0 Å². The molecule has 0 aromatic heterocycles. The van der Waals surface area contributed by atoms with Crippen molar-refractivity contribution in [3.05, 3.63) is 24.0 Å². The Labute approximate surface area is 167 Å². The van der Waals surface area contributed by atoms with E-state index < -0.39 is 24.3 Å². The van der Waals surface area contributed by atoms with Crippen LogP contribution in [0, 0.1) is 11.7 Å². The number of hydrogen-bond acceptors (Lipinski definition) is 2. The van der Waals surface area contributed by atoms with E-state index in [9.17, 15) is 17.6 Å². The van der Waals surface area contributed by atoms with Gasteiger partial charge in [-0.2, -0.15) is 13.2 Å². The lowest BCUT2D eigenvalue weighted by molar-refractivity contribution is -0.153. The van der Waals surface area contributed by atoms with Crippen molar-refractivity contribution in [3.8, 4) is 11.5 Å². The molecule has 1 radical (unpaired) electrons. The van der Waals surface area contributed by atoms with Crippen LogP contribution in [0.1, 0.15) is 51.9 Å². The lowest BCUT2D eigenvalue weighted by atomic mass is 10.0. The predicted molar refractivity (Wildman–Crippen MR) is 105 cm³/mol. The van der Waals surface area contributed by atoms with Crippen LogP contribution in [0.25, 0.3) is 0 Å². The fourth-order valence-corrected chi connectivity index (χ4v) is 6.68. The van der Waals surface area contributed by atoms with E-state index in [1.165, 1.54) is 75.2 Å². The molecular weight excluding hydrogens is 388 g/mol. The molecule has 1 aliphatic heterocycles. The summed E-state index contributed by atoms with van der Waals surface area (Å²) in [6.07, 6.45) is 4.57. The first-order chi connectivity index (χ1) is 13.4. The van der Waals surface area contributed by atoms with Gasteiger partial charge in [0.25, 0.3) is 0 Å². The van der Waals surface area contributed by atoms with E-state index in [0.717, 1.165) is 6.07 Å². The molecule has 2 rings (SSSR count). The lowest BCUT2D eigenvalue weighted by Gasteiger charge is -2.27. The standard InChI is InChI=1S/C21H31F4O2Si/c1-2-3-4-5-6-11-28-12-9-17(10-13-28)15-26-18-7-8-20(19(22)14-18)27-16-21(23,24)25/h7-8,14,17H,2-6,9-13,15-16H2,1H3. The minimum Gasteiger partial charge on any atom is -0.493 e. The van der Waals surface area contributed by atoms with Crippen molar-refractivity contribution >= 4 is 8.80 Å². The Morgan fingerprint density at radius 1 is 1.04 bits per heavy atom. The Balaban J connectivity index is 1.66. The molecular formula is C21H31F4O2Si. The molecule has 0 bridgehead atoms. The van der Waals surface area contributed by atoms with E-state index in [1.54, 1.807) is 0 Å². The van der Waals surface area contributed by atoms with E-state index in [-0.39, 0.29) is 8.80 Å². The fourth-order valence-electron chi connectivity index (χ4n) is 3.54. The van der Waals surface area contributed by atoms with Crippen molar-refractivity contribution in [2.45, 2.75) is 76.2 Å². The van der Waals surface area contributed by atoms with Crippen LogP contribution in [0.4, 0.5) is 17.6 Å². The van der Waals surface area contributed by atoms with Crippen molar-refractivity contribution in [2.24, 2.45) is 5.92 Å². The first-order valence-electron chi connectivity index (χ1n) is 10.3. The molecule has 7 heteroatoms. The summed E-state index contributed by atoms with van der Waals surface area (Å²) in [5, 5.41) is 0. The molecule has 0 N–H and O–H groups in total. The third kappa shape index (κ3) is 8.84. The Morgan fingerprint density at radius 3 is 2.39 bits per heavy atom. The van der Waals surface area contributed by atoms with Gasteiger partial charge in [-0.15, -0.1) is 0 Å². The second-order valence-corrected chi connectivity index (χ2v) is 10.7. The second kappa shape index (κ2) is 11.7. The average Bonchev–Trinajstić information content (AvgIpc) is 2.65. The van der Waals surface area contributed by atoms with E-state index in [2.05, 4.69) is 11.7 Å². The zero-order valence-corrected chi connectivity index (χ0v) is 17.6. The molecule has 1 aliphatic rings. The normalized spacial score (nSPS) is 16.3. The van der Waals surface area contributed by atoms with Gasteiger partial charge in [-0.05, 0) is 30.9 Å². The number of rotatable bonds is 11. The highest BCUT2D eigenvalue weighted by molar-refractivity contribution is 6.58. The van der Waals surface area contributed by atoms with Crippen LogP contribution in [-0.4, -0.2) is 28.2 Å². The first-order valence-corrected chi connectivity index (χ1v) is 12.4. The van der Waals surface area contributed by atoms with Crippen LogP contribution in [0.15, 0.2) is 18.2 Å². The molecule has 1 fully saturated rings. The third-order valence-corrected chi connectivity index (χ3v) is 8.28. The summed E-state index contributed by atoms with van der Waals surface area (Å²) in [6.45, 7) is 1.27. The number of alkyl halides is 3. The van der Waals surface area contributed by atoms with Crippen molar-refractivity contribution in [1.82, 2.24) is 0 Å². The summed E-state index contributed by atoms with van der Waals surface area (Å²) in [5.41, 5.74) is 0. The molecule has 0 saturated carbocycles. The SMILES string of the molecule is CCCCCCC[Si]1CCC(COc2ccc(OCC(F)(F)F)c(F)c2)CC1. The van der Waals surface area contributed by atoms with Crippen molar-refractivity contribution < 1.29 is 27.0 Å². The van der Waals surface area contributed by atoms with Crippen LogP contribution >= 0.6 is 0 Å². The van der Waals surface area contributed by atoms with Gasteiger partial charge in [0, 0.05) is 14.9 Å². The summed E-state index contributed by atoms with van der Waals surface area (Å²) in [6, 6.07) is 7.82. The monoisotopic (exact) mass is 419 g/mol. The van der Waals surface area contributed by atoms with Gasteiger partial charge in [-0.1, -0.05) is 57.2 Å². The molecule has 2 nitrogen and oxygen atoms in total. The first kappa shape index (κ1) is 23.0. The zero-order valence-electron chi connectivity index (χ0n) is 16.6. The second-order valence-electron chi connectivity index (χ2n) is 7.66. The van der Waals surface area contributed by atoms with Crippen molar-refractivity contribution in [2.75, 3.05) is 13.2 Å². The van der Waals surface area contributed by atoms with Gasteiger partial charge in [0.1, 0.15) is 5.75 Å². The molecule has 0 amide bonds. The fraction of sp³-hybridized carbons (Fsp3) is 0.714. The van der Waals surface area contributed by atoms with Gasteiger partial charge in [0.05, 0.1) is 6.61 Å². The topological polar surface area (TPSA) is 18.5 Å². The molecule has 0 spiro atoms. The Bertz CT molecular complexity index is 572. The summed E-state index contributed by atoms with van der Waals surface area (Å²) in [5.74, 6) is -0.422. The third-order valence-electron chi connectivity index (χ3n) is 5.23. The van der Waals surface area contributed by atoms with Crippen LogP contribution in [0.2, 0.25) is 18.1 Å². The number of benzene rings is 1. The molecule has 1 aromatic rings. The summed E-state index contributed by atoms with van der Waals surface area (Å²) in [4.78, 5) is 0. The van der Waals surface area contributed by atoms with Crippen molar-refractivity contribution in [1.29, 1.82) is 0 Å². The van der Waals surface area contributed by atoms with E-state index in [4.69, 9.17) is 4.74 Å². The van der Waals surface area contributed by atoms with Crippen molar-refractivity contribution in [3.63, 3.8) is 0 Å². The van der Waals surface area contributed by atoms with Crippen LogP contribution in [-0.2, 0) is 0 Å². The minimum atomic E-state index is -4.49. The van der Waals surface area contributed by atoms with Gasteiger partial charge < -0.3 is 9.47 Å². The minimum absolute atomic E-state index is 0.204. The predicted octanol–water partition coefficient (Wildman–Crippen LogP) is 7.02. The molecule has 159 valence electrons. The number of ether oxygens (including phenoxy) is 2. The van der Waals surface area contributed by atoms with E-state index in [0.29, 0.717) is 18.3 Å². The highest BCUT2D eigenvalue weighted by Gasteiger charge is 2.29. The zero-order chi connectivity index (χ0) is 20.4. The number of unbranched alkanes of at least 4 members (excludes halogenated alkanes) is 4. The summed E-state index contributed by atoms with van der Waals surface area (Å²) < 4.78 is 60.5. The lowest BCUT2D eigenvalue weighted by Crippen LogP contribution is -2.24. The van der Waals surface area contributed by atoms with Crippen LogP contribution in [0.5, 0.6) is 11.5 Å². The maximum absolute atomic E-state index is 13.9. The van der Waals surface area contributed by atoms with Gasteiger partial charge >= 0.3 is 6.18 Å². The molecule has 0 atom stereocenters. The van der Waals surface area contributed by atoms with Crippen LogP contribution < -0.4 is 9.47 Å².